The van der Waals surface area contributed by atoms with Crippen LogP contribution in [-0.2, 0) is 0 Å². The van der Waals surface area contributed by atoms with E-state index < -0.39 is 0 Å². The molecular formula is C24H41N5. The molecule has 5 nitrogen and oxygen atoms in total. The average molecular weight is 400 g/mol. The van der Waals surface area contributed by atoms with E-state index in [0.717, 1.165) is 37.4 Å². The van der Waals surface area contributed by atoms with E-state index in [0.29, 0.717) is 11.5 Å². The predicted molar refractivity (Wildman–Crippen MR) is 122 cm³/mol. The fourth-order valence-electron chi connectivity index (χ4n) is 5.67. The molecule has 1 N–H and O–H groups in total. The van der Waals surface area contributed by atoms with Gasteiger partial charge in [0, 0.05) is 37.9 Å². The van der Waals surface area contributed by atoms with Gasteiger partial charge in [-0.15, -0.1) is 0 Å². The monoisotopic (exact) mass is 399 g/mol. The number of anilines is 2. The van der Waals surface area contributed by atoms with Crippen LogP contribution in [0.1, 0.15) is 84.5 Å². The molecule has 2 saturated heterocycles. The molecule has 3 heterocycles. The van der Waals surface area contributed by atoms with Crippen LogP contribution in [0.25, 0.3) is 0 Å². The van der Waals surface area contributed by atoms with Crippen LogP contribution in [0.5, 0.6) is 0 Å². The molecule has 0 spiro atoms. The Balaban J connectivity index is 1.39. The van der Waals surface area contributed by atoms with Gasteiger partial charge in [0.1, 0.15) is 5.82 Å². The largest absolute Gasteiger partial charge is 0.356 e. The molecule has 1 aromatic rings. The van der Waals surface area contributed by atoms with Gasteiger partial charge in [-0.1, -0.05) is 39.5 Å². The molecule has 2 atom stereocenters. The molecule has 3 aliphatic rings. The molecular weight excluding hydrogens is 358 g/mol. The highest BCUT2D eigenvalue weighted by molar-refractivity contribution is 5.43. The molecule has 0 bridgehead atoms. The van der Waals surface area contributed by atoms with Gasteiger partial charge >= 0.3 is 0 Å². The second kappa shape index (κ2) is 9.63. The lowest BCUT2D eigenvalue weighted by molar-refractivity contribution is 0.0951. The minimum Gasteiger partial charge on any atom is -0.356 e. The summed E-state index contributed by atoms with van der Waals surface area (Å²) in [5.41, 5.74) is 0.503. The van der Waals surface area contributed by atoms with E-state index in [1.807, 2.05) is 6.20 Å². The van der Waals surface area contributed by atoms with Crippen molar-refractivity contribution in [2.75, 3.05) is 36.4 Å². The molecule has 2 unspecified atom stereocenters. The van der Waals surface area contributed by atoms with Gasteiger partial charge in [0.15, 0.2) is 0 Å². The maximum atomic E-state index is 4.91. The molecule has 0 amide bonds. The van der Waals surface area contributed by atoms with Crippen LogP contribution >= 0.6 is 0 Å². The maximum Gasteiger partial charge on any atom is 0.224 e. The Kier molecular flexibility index (Phi) is 6.94. The van der Waals surface area contributed by atoms with Crippen molar-refractivity contribution in [3.63, 3.8) is 0 Å². The summed E-state index contributed by atoms with van der Waals surface area (Å²) in [6.45, 7) is 9.56. The Hall–Kier alpha value is -1.36. The molecule has 1 aliphatic carbocycles. The summed E-state index contributed by atoms with van der Waals surface area (Å²) in [5.74, 6) is 1.92. The standard InChI is InChI=1S/C24H41N5/c1-24(2)13-9-11-21(18-24)29-17-8-5-10-20(19-29)26-23-25-14-12-22(27-23)28-15-6-3-4-7-16-28/h12,14,20-21H,3-11,13,15-19H2,1-2H3,(H,25,26,27). The van der Waals surface area contributed by atoms with Gasteiger partial charge in [0.25, 0.3) is 0 Å². The van der Waals surface area contributed by atoms with Crippen molar-refractivity contribution < 1.29 is 0 Å². The predicted octanol–water partition coefficient (Wildman–Crippen LogP) is 5.09. The fourth-order valence-corrected chi connectivity index (χ4v) is 5.67. The summed E-state index contributed by atoms with van der Waals surface area (Å²) in [6.07, 6.45) is 16.5. The Labute approximate surface area is 177 Å². The van der Waals surface area contributed by atoms with Gasteiger partial charge in [0.05, 0.1) is 0 Å². The van der Waals surface area contributed by atoms with Crippen LogP contribution in [-0.4, -0.2) is 53.1 Å². The molecule has 2 aliphatic heterocycles. The maximum absolute atomic E-state index is 4.91. The smallest absolute Gasteiger partial charge is 0.224 e. The SMILES string of the molecule is CC1(C)CCCC(N2CCCCC(Nc3nccc(N4CCCCCC4)n3)C2)C1. The Morgan fingerprint density at radius 2 is 1.76 bits per heavy atom. The normalized spacial score (nSPS) is 29.1. The highest BCUT2D eigenvalue weighted by Gasteiger charge is 2.33. The number of likely N-dealkylation sites (tertiary alicyclic amines) is 1. The Bertz CT molecular complexity index is 638. The van der Waals surface area contributed by atoms with E-state index in [2.05, 4.69) is 40.0 Å². The fraction of sp³-hybridized carbons (Fsp3) is 0.833. The first-order chi connectivity index (χ1) is 14.1. The first-order valence-corrected chi connectivity index (χ1v) is 12.2. The third-order valence-corrected chi connectivity index (χ3v) is 7.30. The second-order valence-electron chi connectivity index (χ2n) is 10.4. The Morgan fingerprint density at radius 1 is 0.966 bits per heavy atom. The molecule has 0 radical (unpaired) electrons. The van der Waals surface area contributed by atoms with Crippen LogP contribution in [0.4, 0.5) is 11.8 Å². The van der Waals surface area contributed by atoms with Crippen LogP contribution in [0.2, 0.25) is 0 Å². The molecule has 3 fully saturated rings. The highest BCUT2D eigenvalue weighted by atomic mass is 15.2. The molecule has 1 aromatic heterocycles. The third kappa shape index (κ3) is 5.84. The van der Waals surface area contributed by atoms with Gasteiger partial charge in [-0.05, 0) is 63.0 Å². The van der Waals surface area contributed by atoms with E-state index >= 15 is 0 Å². The van der Waals surface area contributed by atoms with Crippen LogP contribution in [0, 0.1) is 5.41 Å². The summed E-state index contributed by atoms with van der Waals surface area (Å²) in [6, 6.07) is 3.30. The summed E-state index contributed by atoms with van der Waals surface area (Å²) >= 11 is 0. The van der Waals surface area contributed by atoms with Crippen LogP contribution < -0.4 is 10.2 Å². The quantitative estimate of drug-likeness (QED) is 0.764. The minimum absolute atomic E-state index is 0.460. The number of aromatic nitrogens is 2. The topological polar surface area (TPSA) is 44.3 Å². The molecule has 162 valence electrons. The molecule has 5 heteroatoms. The van der Waals surface area contributed by atoms with Crippen molar-refractivity contribution >= 4 is 11.8 Å². The number of hydrogen-bond acceptors (Lipinski definition) is 5. The van der Waals surface area contributed by atoms with E-state index in [1.54, 1.807) is 0 Å². The zero-order valence-corrected chi connectivity index (χ0v) is 18.7. The van der Waals surface area contributed by atoms with Gasteiger partial charge in [-0.25, -0.2) is 4.98 Å². The van der Waals surface area contributed by atoms with Crippen molar-refractivity contribution in [1.82, 2.24) is 14.9 Å². The lowest BCUT2D eigenvalue weighted by atomic mass is 9.74. The summed E-state index contributed by atoms with van der Waals surface area (Å²) in [5, 5.41) is 3.72. The summed E-state index contributed by atoms with van der Waals surface area (Å²) in [4.78, 5) is 14.7. The zero-order valence-electron chi connectivity index (χ0n) is 18.7. The van der Waals surface area contributed by atoms with Crippen molar-refractivity contribution in [1.29, 1.82) is 0 Å². The molecule has 1 saturated carbocycles. The van der Waals surface area contributed by atoms with E-state index in [1.165, 1.54) is 77.2 Å². The van der Waals surface area contributed by atoms with Gasteiger partial charge in [0.2, 0.25) is 5.95 Å². The van der Waals surface area contributed by atoms with Gasteiger partial charge in [-0.3, -0.25) is 4.90 Å². The van der Waals surface area contributed by atoms with Crippen LogP contribution in [0.15, 0.2) is 12.3 Å². The number of nitrogens with one attached hydrogen (secondary N) is 1. The van der Waals surface area contributed by atoms with Crippen molar-refractivity contribution in [2.24, 2.45) is 5.41 Å². The van der Waals surface area contributed by atoms with Crippen LogP contribution in [0.3, 0.4) is 0 Å². The van der Waals surface area contributed by atoms with Crippen molar-refractivity contribution in [3.05, 3.63) is 12.3 Å². The molecule has 0 aromatic carbocycles. The lowest BCUT2D eigenvalue weighted by Crippen LogP contribution is -2.45. The number of nitrogens with zero attached hydrogens (tertiary/aromatic N) is 4. The second-order valence-corrected chi connectivity index (χ2v) is 10.4. The molecule has 29 heavy (non-hydrogen) atoms. The van der Waals surface area contributed by atoms with E-state index in [4.69, 9.17) is 4.98 Å². The van der Waals surface area contributed by atoms with Gasteiger partial charge in [-0.2, -0.15) is 4.98 Å². The Morgan fingerprint density at radius 3 is 2.55 bits per heavy atom. The van der Waals surface area contributed by atoms with Gasteiger partial charge < -0.3 is 10.2 Å². The summed E-state index contributed by atoms with van der Waals surface area (Å²) < 4.78 is 0. The van der Waals surface area contributed by atoms with Crippen molar-refractivity contribution in [2.45, 2.75) is 96.6 Å². The zero-order chi connectivity index (χ0) is 20.1. The number of rotatable bonds is 4. The molecule has 4 rings (SSSR count). The first kappa shape index (κ1) is 20.9. The summed E-state index contributed by atoms with van der Waals surface area (Å²) in [7, 11) is 0. The minimum atomic E-state index is 0.460. The highest BCUT2D eigenvalue weighted by Crippen LogP contribution is 2.38. The van der Waals surface area contributed by atoms with E-state index in [-0.39, 0.29) is 0 Å². The first-order valence-electron chi connectivity index (χ1n) is 12.2. The van der Waals surface area contributed by atoms with Crippen molar-refractivity contribution in [3.8, 4) is 0 Å². The number of hydrogen-bond donors (Lipinski definition) is 1. The third-order valence-electron chi connectivity index (χ3n) is 7.30. The average Bonchev–Trinajstić information content (AvgIpc) is 3.11. The van der Waals surface area contributed by atoms with E-state index in [9.17, 15) is 0 Å². The lowest BCUT2D eigenvalue weighted by Gasteiger charge is -2.41.